The number of hydroxylamine groups is 2. The Hall–Kier alpha value is -6.33. The average molecular weight is 1310 g/mol. The summed E-state index contributed by atoms with van der Waals surface area (Å²) in [6.07, 6.45) is -8.78. The number of carbonyl (C=O) groups is 12. The van der Waals surface area contributed by atoms with Crippen molar-refractivity contribution in [2.75, 3.05) is 13.1 Å². The van der Waals surface area contributed by atoms with Crippen LogP contribution in [0.5, 0.6) is 0 Å². The van der Waals surface area contributed by atoms with Crippen LogP contribution in [0, 0.1) is 57.2 Å². The first-order valence-corrected chi connectivity index (χ1v) is 28.4. The number of ketones is 2. The molecule has 0 spiro atoms. The third-order valence-corrected chi connectivity index (χ3v) is 17.6. The summed E-state index contributed by atoms with van der Waals surface area (Å²) < 4.78 is 85.5. The van der Waals surface area contributed by atoms with Crippen molar-refractivity contribution in [3.8, 4) is 0 Å². The molecule has 9 amide bonds. The van der Waals surface area contributed by atoms with Crippen LogP contribution in [0.1, 0.15) is 166 Å². The lowest BCUT2D eigenvalue weighted by Gasteiger charge is -2.38. The SMILES string of the molecule is C.C.CC(C)(C)[C@H](N)C(=O)N1C[C@H]2[C@@H](C1C(=O)NC(CC1CC1)C(=O)C(N)=O)C2(C)C.CC(C)(C)[C@H](NC(=O)OC(C)(C)C(F)(F)F)C(=O)N1C[C@H]2[C@@H](C1C(=O)NC(CC1CC1)C(=O)C(N)=O)C2(C)C.CC(C)(OC(=O)ON1C(=O)CCC1=O)C(F)(F)F.Cl.[HH].[HH]. The van der Waals surface area contributed by atoms with Crippen LogP contribution in [0.25, 0.3) is 0 Å². The second kappa shape index (κ2) is 27.6. The van der Waals surface area contributed by atoms with E-state index in [1.807, 2.05) is 34.6 Å². The highest BCUT2D eigenvalue weighted by molar-refractivity contribution is 6.38. The standard InChI is InChI=1S/C26H39F3N4O6.C21H34N4O4.C9H10F3NO5.2CH4.ClH.2H2/c1-23(2,3)18(32-22(38)39-25(6,7)26(27,28)29)21(37)33-11-13-15(24(13,4)5)16(33)20(36)31-14(10-12-8-9-12)17(34)19(30)35;1-20(2,3)16(22)19(29)25-9-11-13(21(11,4)5)14(25)18(28)24-12(8-10-6-7-10)15(26)17(23)27;1-8(2,9(10,11)12)17-7(16)18-13-5(14)3-4-6(13)15;;;;;/h12-16,18H,8-11H2,1-7H3,(H2,30,35)(H,31,36)(H,32,38);10-14,16H,6-9,22H2,1-5H3,(H2,23,27)(H,24,28);3-4H2,1-2H3;2*1H4;3*1H/t13-,14?,15-,16?,18+;11-,12?,13-,14?,16+;;;;;;/m00....../s1. The van der Waals surface area contributed by atoms with Crippen molar-refractivity contribution in [1.29, 1.82) is 0 Å². The van der Waals surface area contributed by atoms with Crippen LogP contribution in [0.4, 0.5) is 35.9 Å². The van der Waals surface area contributed by atoms with Crippen LogP contribution in [0.2, 0.25) is 0 Å². The Kier molecular flexibility index (Phi) is 24.5. The number of hydrogen-bond acceptors (Lipinski definition) is 16. The van der Waals surface area contributed by atoms with Crippen molar-refractivity contribution in [3.05, 3.63) is 0 Å². The zero-order valence-corrected chi connectivity index (χ0v) is 52.2. The van der Waals surface area contributed by atoms with Crippen LogP contribution < -0.4 is 33.2 Å². The van der Waals surface area contributed by atoms with Crippen LogP contribution in [-0.2, 0) is 62.3 Å². The highest BCUT2D eigenvalue weighted by Gasteiger charge is 2.71. The molecule has 7 aliphatic rings. The average Bonchev–Trinajstić information content (AvgIpc) is 1.53. The summed E-state index contributed by atoms with van der Waals surface area (Å²) in [7, 11) is 0. The monoisotopic (exact) mass is 1310 g/mol. The minimum absolute atomic E-state index is 0. The second-order valence-corrected chi connectivity index (χ2v) is 27.9. The summed E-state index contributed by atoms with van der Waals surface area (Å²) in [5.41, 5.74) is 9.26. The molecule has 3 heterocycles. The van der Waals surface area contributed by atoms with Gasteiger partial charge in [-0.3, -0.25) is 52.8 Å². The van der Waals surface area contributed by atoms with Crippen molar-refractivity contribution in [2.45, 2.75) is 223 Å². The quantitative estimate of drug-likeness (QED) is 0.0385. The topological polar surface area (TPSA) is 356 Å². The highest BCUT2D eigenvalue weighted by atomic mass is 35.5. The molecular weight excluding hydrogens is 1210 g/mol. The van der Waals surface area contributed by atoms with Crippen LogP contribution in [-0.4, -0.2) is 159 Å². The van der Waals surface area contributed by atoms with E-state index in [9.17, 15) is 83.9 Å². The van der Waals surface area contributed by atoms with E-state index in [2.05, 4.69) is 44.1 Å². The molecule has 9 N–H and O–H groups in total. The number of nitrogens with two attached hydrogens (primary N) is 3. The van der Waals surface area contributed by atoms with Gasteiger partial charge in [-0.15, -0.1) is 12.4 Å². The number of halogens is 7. The minimum Gasteiger partial charge on any atom is -0.434 e. The molecule has 7 fully saturated rings. The van der Waals surface area contributed by atoms with Gasteiger partial charge >= 0.3 is 24.6 Å². The van der Waals surface area contributed by atoms with E-state index in [0.717, 1.165) is 25.7 Å². The summed E-state index contributed by atoms with van der Waals surface area (Å²) >= 11 is 0. The van der Waals surface area contributed by atoms with Gasteiger partial charge in [0.25, 0.3) is 23.6 Å². The normalized spacial score (nSPS) is 24.3. The Balaban J connectivity index is 0.00000138. The van der Waals surface area contributed by atoms with Crippen molar-refractivity contribution >= 4 is 83.5 Å². The van der Waals surface area contributed by atoms with Gasteiger partial charge in [0, 0.05) is 28.8 Å². The molecule has 0 aromatic carbocycles. The maximum Gasteiger partial charge on any atom is 0.534 e. The number of primary amides is 2. The molecule has 10 atom stereocenters. The summed E-state index contributed by atoms with van der Waals surface area (Å²) in [4.78, 5) is 154. The molecule has 4 aliphatic carbocycles. The van der Waals surface area contributed by atoms with Gasteiger partial charge in [-0.05, 0) is 97.7 Å². The first-order chi connectivity index (χ1) is 38.9. The van der Waals surface area contributed by atoms with Gasteiger partial charge in [0.05, 0.1) is 18.1 Å². The Morgan fingerprint density at radius 2 is 0.933 bits per heavy atom. The largest absolute Gasteiger partial charge is 0.534 e. The van der Waals surface area contributed by atoms with E-state index in [-0.39, 0.29) is 107 Å². The fraction of sp³-hybridized carbons (Fsp3) is 0.793. The van der Waals surface area contributed by atoms with Gasteiger partial charge in [0.1, 0.15) is 18.1 Å². The van der Waals surface area contributed by atoms with E-state index in [4.69, 9.17) is 17.2 Å². The number of nitrogens with zero attached hydrogens (tertiary/aromatic N) is 3. The molecule has 4 unspecified atom stereocenters. The van der Waals surface area contributed by atoms with E-state index >= 15 is 0 Å². The molecule has 7 rings (SSSR count). The third kappa shape index (κ3) is 18.2. The molecule has 0 bridgehead atoms. The number of fused-ring (bicyclic) bond motifs is 2. The van der Waals surface area contributed by atoms with E-state index in [1.54, 1.807) is 25.7 Å². The van der Waals surface area contributed by atoms with Gasteiger partial charge in [-0.1, -0.05) is 115 Å². The van der Waals surface area contributed by atoms with E-state index in [0.29, 0.717) is 46.6 Å². The number of rotatable bonds is 18. The molecule has 3 aliphatic heterocycles. The number of hydrogen-bond donors (Lipinski definition) is 6. The molecule has 512 valence electrons. The number of likely N-dealkylation sites (tertiary alicyclic amines) is 2. The Morgan fingerprint density at radius 3 is 1.25 bits per heavy atom. The molecule has 24 nitrogen and oxygen atoms in total. The Bertz CT molecular complexity index is 2740. The number of nitrogens with one attached hydrogen (secondary N) is 3. The molecule has 0 aromatic rings. The van der Waals surface area contributed by atoms with E-state index in [1.165, 1.54) is 4.90 Å². The lowest BCUT2D eigenvalue weighted by atomic mass is 9.85. The molecule has 31 heteroatoms. The molecule has 4 saturated carbocycles. The predicted molar refractivity (Wildman–Crippen MR) is 314 cm³/mol. The number of alkyl carbamates (subject to hydrolysis) is 1. The van der Waals surface area contributed by atoms with Crippen molar-refractivity contribution < 1.29 is 101 Å². The number of piperidine rings is 2. The van der Waals surface area contributed by atoms with Crippen LogP contribution >= 0.6 is 12.4 Å². The maximum atomic E-state index is 13.8. The van der Waals surface area contributed by atoms with Crippen LogP contribution in [0.3, 0.4) is 0 Å². The van der Waals surface area contributed by atoms with Crippen molar-refractivity contribution in [1.82, 2.24) is 30.8 Å². The highest BCUT2D eigenvalue weighted by Crippen LogP contribution is 2.66. The van der Waals surface area contributed by atoms with Crippen LogP contribution in [0.15, 0.2) is 0 Å². The first-order valence-electron chi connectivity index (χ1n) is 28.4. The number of Topliss-reactive ketones (excluding diaryl/α,β-unsaturated/α-hetero) is 2. The third-order valence-electron chi connectivity index (χ3n) is 17.6. The van der Waals surface area contributed by atoms with Gasteiger partial charge in [-0.25, -0.2) is 9.59 Å². The van der Waals surface area contributed by atoms with E-state index < -0.39 is 136 Å². The summed E-state index contributed by atoms with van der Waals surface area (Å²) in [6, 6.07) is -5.78. The number of carbonyl (C=O) groups excluding carboxylic acids is 12. The molecular formula is C58H96ClF6N9O15. The predicted octanol–water partition coefficient (Wildman–Crippen LogP) is 6.20. The smallest absolute Gasteiger partial charge is 0.434 e. The Labute approximate surface area is 524 Å². The first kappa shape index (κ1) is 78.8. The second-order valence-electron chi connectivity index (χ2n) is 27.9. The molecule has 0 aromatic heterocycles. The number of imide groups is 1. The fourth-order valence-electron chi connectivity index (χ4n) is 11.1. The van der Waals surface area contributed by atoms with Gasteiger partial charge in [0.15, 0.2) is 0 Å². The number of alkyl halides is 6. The molecule has 0 radical (unpaired) electrons. The zero-order valence-electron chi connectivity index (χ0n) is 51.4. The summed E-state index contributed by atoms with van der Waals surface area (Å²) in [6.45, 7) is 21.9. The van der Waals surface area contributed by atoms with Crippen molar-refractivity contribution in [3.63, 3.8) is 0 Å². The van der Waals surface area contributed by atoms with Gasteiger partial charge in [0.2, 0.25) is 46.4 Å². The summed E-state index contributed by atoms with van der Waals surface area (Å²) in [5, 5.41) is 7.77. The zero-order chi connectivity index (χ0) is 65.9. The minimum atomic E-state index is -4.84. The number of ether oxygens (including phenoxy) is 2. The van der Waals surface area contributed by atoms with Gasteiger partial charge < -0.3 is 52.4 Å². The molecule has 89 heavy (non-hydrogen) atoms. The Morgan fingerprint density at radius 1 is 0.584 bits per heavy atom. The lowest BCUT2D eigenvalue weighted by Crippen LogP contribution is -2.61. The van der Waals surface area contributed by atoms with Gasteiger partial charge in [-0.2, -0.15) is 26.3 Å². The summed E-state index contributed by atoms with van der Waals surface area (Å²) in [5.74, 6) is -6.96. The lowest BCUT2D eigenvalue weighted by molar-refractivity contribution is -0.256. The maximum absolute atomic E-state index is 13.8. The van der Waals surface area contributed by atoms with Crippen molar-refractivity contribution in [2.24, 2.45) is 74.4 Å². The number of amides is 9. The molecule has 3 saturated heterocycles. The fourth-order valence-corrected chi connectivity index (χ4v) is 11.1.